The van der Waals surface area contributed by atoms with Crippen LogP contribution in [-0.4, -0.2) is 18.6 Å². The van der Waals surface area contributed by atoms with Crippen LogP contribution >= 0.6 is 22.6 Å². The van der Waals surface area contributed by atoms with Gasteiger partial charge in [0.1, 0.15) is 0 Å². The van der Waals surface area contributed by atoms with Crippen LogP contribution in [0.25, 0.3) is 11.3 Å². The molecule has 1 aromatic heterocycles. The zero-order valence-corrected chi connectivity index (χ0v) is 11.9. The average Bonchev–Trinajstić information content (AvgIpc) is 2.79. The highest BCUT2D eigenvalue weighted by molar-refractivity contribution is 14.1. The van der Waals surface area contributed by atoms with Crippen LogP contribution in [-0.2, 0) is 6.42 Å². The molecule has 0 aliphatic heterocycles. The van der Waals surface area contributed by atoms with Gasteiger partial charge in [-0.25, -0.2) is 4.98 Å². The zero-order chi connectivity index (χ0) is 12.1. The van der Waals surface area contributed by atoms with Crippen molar-refractivity contribution in [1.29, 1.82) is 0 Å². The van der Waals surface area contributed by atoms with E-state index in [1.54, 1.807) is 0 Å². The van der Waals surface area contributed by atoms with E-state index in [0.717, 1.165) is 36.6 Å². The highest BCUT2D eigenvalue weighted by atomic mass is 127. The number of rotatable bonds is 5. The van der Waals surface area contributed by atoms with Gasteiger partial charge in [-0.2, -0.15) is 0 Å². The molecule has 0 aliphatic rings. The van der Waals surface area contributed by atoms with Gasteiger partial charge < -0.3 is 9.73 Å². The van der Waals surface area contributed by atoms with E-state index >= 15 is 0 Å². The molecule has 1 N–H and O–H groups in total. The van der Waals surface area contributed by atoms with Crippen molar-refractivity contribution >= 4 is 22.6 Å². The Hall–Kier alpha value is -0.880. The molecule has 0 spiro atoms. The summed E-state index contributed by atoms with van der Waals surface area (Å²) >= 11 is 2.31. The van der Waals surface area contributed by atoms with Crippen molar-refractivity contribution in [2.75, 3.05) is 13.6 Å². The Kier molecular flexibility index (Phi) is 4.56. The topological polar surface area (TPSA) is 38.1 Å². The van der Waals surface area contributed by atoms with Crippen LogP contribution in [0.4, 0.5) is 0 Å². The van der Waals surface area contributed by atoms with E-state index in [2.05, 4.69) is 45.0 Å². The number of aryl methyl sites for hydroxylation is 1. The molecular formula is C13H15IN2O. The number of nitrogens with zero attached hydrogens (tertiary/aromatic N) is 1. The van der Waals surface area contributed by atoms with Crippen molar-refractivity contribution in [1.82, 2.24) is 10.3 Å². The maximum absolute atomic E-state index is 5.75. The maximum atomic E-state index is 5.75. The first-order valence-corrected chi connectivity index (χ1v) is 6.73. The predicted octanol–water partition coefficient (Wildman–Crippen LogP) is 3.10. The van der Waals surface area contributed by atoms with E-state index in [1.165, 1.54) is 3.57 Å². The summed E-state index contributed by atoms with van der Waals surface area (Å²) in [5.41, 5.74) is 1.11. The molecule has 0 aliphatic carbocycles. The Morgan fingerprint density at radius 2 is 2.18 bits per heavy atom. The fourth-order valence-electron chi connectivity index (χ4n) is 1.63. The SMILES string of the molecule is CNCCCc1ncc(-c2ccccc2I)o1. The molecule has 0 radical (unpaired) electrons. The summed E-state index contributed by atoms with van der Waals surface area (Å²) in [6.45, 7) is 0.987. The molecule has 1 aromatic carbocycles. The number of oxazole rings is 1. The molecular weight excluding hydrogens is 327 g/mol. The van der Waals surface area contributed by atoms with Gasteiger partial charge in [0.25, 0.3) is 0 Å². The van der Waals surface area contributed by atoms with Crippen LogP contribution in [0.15, 0.2) is 34.9 Å². The largest absolute Gasteiger partial charge is 0.441 e. The van der Waals surface area contributed by atoms with Crippen LogP contribution in [0.5, 0.6) is 0 Å². The molecule has 2 rings (SSSR count). The molecule has 90 valence electrons. The first-order chi connectivity index (χ1) is 8.31. The Morgan fingerprint density at radius 1 is 1.35 bits per heavy atom. The Balaban J connectivity index is 2.10. The lowest BCUT2D eigenvalue weighted by Gasteiger charge is -1.99. The van der Waals surface area contributed by atoms with E-state index in [1.807, 2.05) is 25.4 Å². The molecule has 0 saturated carbocycles. The van der Waals surface area contributed by atoms with Gasteiger partial charge in [0, 0.05) is 15.6 Å². The molecule has 0 bridgehead atoms. The fourth-order valence-corrected chi connectivity index (χ4v) is 2.28. The normalized spacial score (nSPS) is 10.7. The number of benzene rings is 1. The summed E-state index contributed by atoms with van der Waals surface area (Å²) in [5, 5.41) is 3.11. The summed E-state index contributed by atoms with van der Waals surface area (Å²) in [4.78, 5) is 4.31. The molecule has 1 heterocycles. The van der Waals surface area contributed by atoms with Gasteiger partial charge in [-0.3, -0.25) is 0 Å². The van der Waals surface area contributed by atoms with Crippen molar-refractivity contribution in [2.45, 2.75) is 12.8 Å². The van der Waals surface area contributed by atoms with E-state index in [9.17, 15) is 0 Å². The third-order valence-electron chi connectivity index (χ3n) is 2.51. The van der Waals surface area contributed by atoms with Crippen molar-refractivity contribution in [2.24, 2.45) is 0 Å². The molecule has 17 heavy (non-hydrogen) atoms. The lowest BCUT2D eigenvalue weighted by atomic mass is 10.2. The summed E-state index contributed by atoms with van der Waals surface area (Å²) in [7, 11) is 1.95. The number of nitrogens with one attached hydrogen (secondary N) is 1. The second kappa shape index (κ2) is 6.16. The van der Waals surface area contributed by atoms with Crippen LogP contribution in [0.2, 0.25) is 0 Å². The quantitative estimate of drug-likeness (QED) is 0.670. The van der Waals surface area contributed by atoms with E-state index < -0.39 is 0 Å². The van der Waals surface area contributed by atoms with Crippen molar-refractivity contribution in [3.8, 4) is 11.3 Å². The van der Waals surface area contributed by atoms with E-state index in [4.69, 9.17) is 4.42 Å². The minimum Gasteiger partial charge on any atom is -0.441 e. The number of hydrogen-bond acceptors (Lipinski definition) is 3. The van der Waals surface area contributed by atoms with Gasteiger partial charge in [0.2, 0.25) is 0 Å². The first-order valence-electron chi connectivity index (χ1n) is 5.65. The van der Waals surface area contributed by atoms with Crippen LogP contribution < -0.4 is 5.32 Å². The van der Waals surface area contributed by atoms with Crippen molar-refractivity contribution < 1.29 is 4.42 Å². The van der Waals surface area contributed by atoms with Gasteiger partial charge in [0.05, 0.1) is 6.20 Å². The standard InChI is InChI=1S/C13H15IN2O/c1-15-8-4-7-13-16-9-12(17-13)10-5-2-3-6-11(10)14/h2-3,5-6,9,15H,4,7-8H2,1H3. The monoisotopic (exact) mass is 342 g/mol. The summed E-state index contributed by atoms with van der Waals surface area (Å²) in [6.07, 6.45) is 3.73. The first kappa shape index (κ1) is 12.6. The number of aromatic nitrogens is 1. The highest BCUT2D eigenvalue weighted by Crippen LogP contribution is 2.25. The second-order valence-electron chi connectivity index (χ2n) is 3.81. The van der Waals surface area contributed by atoms with Gasteiger partial charge in [-0.15, -0.1) is 0 Å². The smallest absolute Gasteiger partial charge is 0.194 e. The summed E-state index contributed by atoms with van der Waals surface area (Å²) in [6, 6.07) is 8.16. The summed E-state index contributed by atoms with van der Waals surface area (Å²) in [5.74, 6) is 1.67. The Labute approximate surface area is 115 Å². The minimum atomic E-state index is 0.815. The molecule has 0 unspecified atom stereocenters. The molecule has 0 atom stereocenters. The molecule has 0 fully saturated rings. The molecule has 4 heteroatoms. The lowest BCUT2D eigenvalue weighted by molar-refractivity contribution is 0.495. The molecule has 3 nitrogen and oxygen atoms in total. The third kappa shape index (κ3) is 3.29. The average molecular weight is 342 g/mol. The van der Waals surface area contributed by atoms with Crippen LogP contribution in [0.3, 0.4) is 0 Å². The molecule has 2 aromatic rings. The van der Waals surface area contributed by atoms with Gasteiger partial charge in [0.15, 0.2) is 11.7 Å². The van der Waals surface area contributed by atoms with Crippen LogP contribution in [0.1, 0.15) is 12.3 Å². The van der Waals surface area contributed by atoms with E-state index in [0.29, 0.717) is 0 Å². The minimum absolute atomic E-state index is 0.815. The Morgan fingerprint density at radius 3 is 2.94 bits per heavy atom. The maximum Gasteiger partial charge on any atom is 0.194 e. The van der Waals surface area contributed by atoms with Gasteiger partial charge in [-0.05, 0) is 48.7 Å². The third-order valence-corrected chi connectivity index (χ3v) is 3.45. The van der Waals surface area contributed by atoms with Crippen molar-refractivity contribution in [3.63, 3.8) is 0 Å². The fraction of sp³-hybridized carbons (Fsp3) is 0.308. The predicted molar refractivity (Wildman–Crippen MR) is 76.9 cm³/mol. The van der Waals surface area contributed by atoms with Crippen LogP contribution in [0, 0.1) is 3.57 Å². The molecule has 0 saturated heterocycles. The second-order valence-corrected chi connectivity index (χ2v) is 4.97. The van der Waals surface area contributed by atoms with E-state index in [-0.39, 0.29) is 0 Å². The zero-order valence-electron chi connectivity index (χ0n) is 9.74. The van der Waals surface area contributed by atoms with Gasteiger partial charge in [-0.1, -0.05) is 18.2 Å². The highest BCUT2D eigenvalue weighted by Gasteiger charge is 2.08. The number of halogens is 1. The molecule has 0 amide bonds. The Bertz CT molecular complexity index is 482. The van der Waals surface area contributed by atoms with Crippen molar-refractivity contribution in [3.05, 3.63) is 39.9 Å². The number of hydrogen-bond donors (Lipinski definition) is 1. The lowest BCUT2D eigenvalue weighted by Crippen LogP contribution is -2.08. The summed E-state index contributed by atoms with van der Waals surface area (Å²) < 4.78 is 6.94. The van der Waals surface area contributed by atoms with Gasteiger partial charge >= 0.3 is 0 Å².